The summed E-state index contributed by atoms with van der Waals surface area (Å²) in [5.41, 5.74) is 7.21. The minimum Gasteiger partial charge on any atom is -0.480 e. The molecule has 6 heteroatoms. The molecular formula is C14H18N2O4. The lowest BCUT2D eigenvalue weighted by atomic mass is 10.1. The lowest BCUT2D eigenvalue weighted by Crippen LogP contribution is -2.40. The van der Waals surface area contributed by atoms with Crippen LogP contribution in [0.4, 0.5) is 5.69 Å². The lowest BCUT2D eigenvalue weighted by Gasteiger charge is -2.21. The quantitative estimate of drug-likeness (QED) is 0.685. The van der Waals surface area contributed by atoms with E-state index in [9.17, 15) is 14.7 Å². The van der Waals surface area contributed by atoms with Crippen LogP contribution in [0.5, 0.6) is 0 Å². The van der Waals surface area contributed by atoms with Crippen molar-refractivity contribution < 1.29 is 19.8 Å². The first-order valence-corrected chi connectivity index (χ1v) is 6.52. The summed E-state index contributed by atoms with van der Waals surface area (Å²) < 4.78 is 0. The fourth-order valence-corrected chi connectivity index (χ4v) is 2.40. The Kier molecular flexibility index (Phi) is 4.24. The van der Waals surface area contributed by atoms with Crippen LogP contribution >= 0.6 is 0 Å². The highest BCUT2D eigenvalue weighted by Gasteiger charge is 2.38. The molecule has 0 aromatic heterocycles. The molecule has 1 heterocycles. The number of carbonyl (C=O) groups excluding carboxylic acids is 1. The average molecular weight is 278 g/mol. The van der Waals surface area contributed by atoms with Gasteiger partial charge in [-0.15, -0.1) is 0 Å². The number of nitrogens with zero attached hydrogens (tertiary/aromatic N) is 1. The maximum absolute atomic E-state index is 12.1. The number of aryl methyl sites for hydroxylation is 1. The molecule has 1 aliphatic rings. The van der Waals surface area contributed by atoms with E-state index in [-0.39, 0.29) is 25.3 Å². The third kappa shape index (κ3) is 3.27. The second kappa shape index (κ2) is 5.92. The number of β-amino-alcohol motifs (C(OH)–C–C–N with tert-alkyl or cyclic N) is 1. The number of carboxylic acids is 1. The molecule has 1 fully saturated rings. The summed E-state index contributed by atoms with van der Waals surface area (Å²) >= 11 is 0. The first kappa shape index (κ1) is 14.3. The number of aliphatic carboxylic acids is 1. The number of nitrogen functional groups attached to an aromatic ring is 1. The van der Waals surface area contributed by atoms with Gasteiger partial charge < -0.3 is 20.8 Å². The lowest BCUT2D eigenvalue weighted by molar-refractivity contribution is -0.148. The van der Waals surface area contributed by atoms with Crippen LogP contribution in [0, 0.1) is 0 Å². The molecule has 0 saturated carbocycles. The van der Waals surface area contributed by atoms with Gasteiger partial charge in [-0.05, 0) is 24.1 Å². The second-order valence-electron chi connectivity index (χ2n) is 5.03. The zero-order chi connectivity index (χ0) is 14.7. The summed E-state index contributed by atoms with van der Waals surface area (Å²) in [5.74, 6) is -1.31. The van der Waals surface area contributed by atoms with Crippen molar-refractivity contribution >= 4 is 17.6 Å². The van der Waals surface area contributed by atoms with Crippen molar-refractivity contribution in [3.05, 3.63) is 29.8 Å². The van der Waals surface area contributed by atoms with Crippen LogP contribution < -0.4 is 5.73 Å². The number of aliphatic hydroxyl groups is 1. The van der Waals surface area contributed by atoms with E-state index >= 15 is 0 Å². The second-order valence-corrected chi connectivity index (χ2v) is 5.03. The highest BCUT2D eigenvalue weighted by molar-refractivity contribution is 5.84. The highest BCUT2D eigenvalue weighted by Crippen LogP contribution is 2.20. The number of carbonyl (C=O) groups is 2. The van der Waals surface area contributed by atoms with Crippen LogP contribution in [0.25, 0.3) is 0 Å². The Labute approximate surface area is 116 Å². The van der Waals surface area contributed by atoms with Crippen LogP contribution in [-0.2, 0) is 16.0 Å². The van der Waals surface area contributed by atoms with E-state index < -0.39 is 18.1 Å². The fraction of sp³-hybridized carbons (Fsp3) is 0.429. The molecule has 1 aliphatic heterocycles. The van der Waals surface area contributed by atoms with Gasteiger partial charge in [0.2, 0.25) is 5.91 Å². The Balaban J connectivity index is 1.94. The minimum atomic E-state index is -1.07. The topological polar surface area (TPSA) is 104 Å². The third-order valence-corrected chi connectivity index (χ3v) is 3.49. The van der Waals surface area contributed by atoms with Crippen molar-refractivity contribution in [3.8, 4) is 0 Å². The summed E-state index contributed by atoms with van der Waals surface area (Å²) in [6.45, 7) is 0.0948. The Hall–Kier alpha value is -2.08. The first-order valence-electron chi connectivity index (χ1n) is 6.52. The van der Waals surface area contributed by atoms with Crippen LogP contribution in [0.1, 0.15) is 18.4 Å². The van der Waals surface area contributed by atoms with Gasteiger partial charge in [0.15, 0.2) is 0 Å². The van der Waals surface area contributed by atoms with E-state index in [0.29, 0.717) is 12.1 Å². The van der Waals surface area contributed by atoms with E-state index in [4.69, 9.17) is 10.8 Å². The Morgan fingerprint density at radius 3 is 2.55 bits per heavy atom. The summed E-state index contributed by atoms with van der Waals surface area (Å²) in [6.07, 6.45) is 0.0954. The van der Waals surface area contributed by atoms with Gasteiger partial charge in [-0.2, -0.15) is 0 Å². The number of aliphatic hydroxyl groups excluding tert-OH is 1. The Morgan fingerprint density at radius 2 is 1.95 bits per heavy atom. The normalized spacial score (nSPS) is 21.9. The monoisotopic (exact) mass is 278 g/mol. The van der Waals surface area contributed by atoms with E-state index in [2.05, 4.69) is 0 Å². The SMILES string of the molecule is Nc1ccc(CCC(=O)N2CC(O)C[C@H]2C(=O)O)cc1. The van der Waals surface area contributed by atoms with Gasteiger partial charge in [0, 0.05) is 25.1 Å². The van der Waals surface area contributed by atoms with Gasteiger partial charge in [0.05, 0.1) is 6.10 Å². The Morgan fingerprint density at radius 1 is 1.30 bits per heavy atom. The zero-order valence-electron chi connectivity index (χ0n) is 11.0. The van der Waals surface area contributed by atoms with Crippen molar-refractivity contribution in [2.75, 3.05) is 12.3 Å². The van der Waals surface area contributed by atoms with E-state index in [1.54, 1.807) is 12.1 Å². The van der Waals surface area contributed by atoms with Crippen molar-refractivity contribution in [1.82, 2.24) is 4.90 Å². The van der Waals surface area contributed by atoms with Crippen molar-refractivity contribution in [3.63, 3.8) is 0 Å². The fourth-order valence-electron chi connectivity index (χ4n) is 2.40. The third-order valence-electron chi connectivity index (χ3n) is 3.49. The van der Waals surface area contributed by atoms with Crippen LogP contribution in [0.2, 0.25) is 0 Å². The number of hydrogen-bond donors (Lipinski definition) is 3. The Bertz CT molecular complexity index is 500. The van der Waals surface area contributed by atoms with Crippen LogP contribution in [0.3, 0.4) is 0 Å². The predicted molar refractivity (Wildman–Crippen MR) is 72.9 cm³/mol. The van der Waals surface area contributed by atoms with Gasteiger partial charge in [0.1, 0.15) is 6.04 Å². The van der Waals surface area contributed by atoms with E-state index in [0.717, 1.165) is 5.56 Å². The molecule has 1 aromatic carbocycles. The summed E-state index contributed by atoms with van der Waals surface area (Å²) in [6, 6.07) is 6.30. The van der Waals surface area contributed by atoms with E-state index in [1.165, 1.54) is 4.90 Å². The number of rotatable bonds is 4. The molecule has 4 N–H and O–H groups in total. The smallest absolute Gasteiger partial charge is 0.326 e. The van der Waals surface area contributed by atoms with Crippen molar-refractivity contribution in [2.24, 2.45) is 0 Å². The molecule has 108 valence electrons. The van der Waals surface area contributed by atoms with Crippen LogP contribution in [-0.4, -0.2) is 45.7 Å². The number of anilines is 1. The van der Waals surface area contributed by atoms with Gasteiger partial charge in [-0.25, -0.2) is 4.79 Å². The minimum absolute atomic E-state index is 0.0948. The number of likely N-dealkylation sites (tertiary alicyclic amines) is 1. The zero-order valence-corrected chi connectivity index (χ0v) is 11.0. The molecule has 6 nitrogen and oxygen atoms in total. The maximum Gasteiger partial charge on any atom is 0.326 e. The maximum atomic E-state index is 12.1. The molecule has 20 heavy (non-hydrogen) atoms. The highest BCUT2D eigenvalue weighted by atomic mass is 16.4. The molecule has 0 spiro atoms. The largest absolute Gasteiger partial charge is 0.480 e. The number of nitrogens with two attached hydrogens (primary N) is 1. The molecule has 1 amide bonds. The van der Waals surface area contributed by atoms with Gasteiger partial charge >= 0.3 is 5.97 Å². The average Bonchev–Trinajstić information content (AvgIpc) is 2.80. The number of hydrogen-bond acceptors (Lipinski definition) is 4. The van der Waals surface area contributed by atoms with E-state index in [1.807, 2.05) is 12.1 Å². The molecule has 2 atom stereocenters. The molecule has 0 aliphatic carbocycles. The summed E-state index contributed by atoms with van der Waals surface area (Å²) in [5, 5.41) is 18.6. The first-order chi connectivity index (χ1) is 9.47. The van der Waals surface area contributed by atoms with Crippen molar-refractivity contribution in [2.45, 2.75) is 31.4 Å². The summed E-state index contributed by atoms with van der Waals surface area (Å²) in [7, 11) is 0. The standard InChI is InChI=1S/C14H18N2O4/c15-10-4-1-9(2-5-10)3-6-13(18)16-8-11(17)7-12(16)14(19)20/h1-2,4-5,11-12,17H,3,6-8,15H2,(H,19,20)/t11?,12-/m0/s1. The number of carboxylic acid groups (broad SMARTS) is 1. The molecule has 0 bridgehead atoms. The van der Waals surface area contributed by atoms with Gasteiger partial charge in [-0.3, -0.25) is 4.79 Å². The summed E-state index contributed by atoms with van der Waals surface area (Å²) in [4.78, 5) is 24.4. The van der Waals surface area contributed by atoms with Crippen LogP contribution in [0.15, 0.2) is 24.3 Å². The van der Waals surface area contributed by atoms with Gasteiger partial charge in [-0.1, -0.05) is 12.1 Å². The molecule has 0 radical (unpaired) electrons. The van der Waals surface area contributed by atoms with Gasteiger partial charge in [0.25, 0.3) is 0 Å². The van der Waals surface area contributed by atoms with Crippen molar-refractivity contribution in [1.29, 1.82) is 0 Å². The molecule has 1 aromatic rings. The number of amides is 1. The predicted octanol–water partition coefficient (Wildman–Crippen LogP) is 0.248. The number of benzene rings is 1. The molecule has 2 rings (SSSR count). The molecule has 1 unspecified atom stereocenters. The molecular weight excluding hydrogens is 260 g/mol. The molecule has 1 saturated heterocycles.